The Bertz CT molecular complexity index is 566. The molecule has 128 valence electrons. The third kappa shape index (κ3) is 3.71. The van der Waals surface area contributed by atoms with Gasteiger partial charge >= 0.3 is 5.97 Å². The number of carboxylic acid groups (broad SMARTS) is 1. The lowest BCUT2D eigenvalue weighted by Crippen LogP contribution is -2.61. The van der Waals surface area contributed by atoms with Crippen LogP contribution in [0.3, 0.4) is 0 Å². The van der Waals surface area contributed by atoms with Crippen molar-refractivity contribution in [2.45, 2.75) is 37.1 Å². The Kier molecular flexibility index (Phi) is 5.39. The van der Waals surface area contributed by atoms with Crippen LogP contribution in [0.25, 0.3) is 0 Å². The van der Waals surface area contributed by atoms with Gasteiger partial charge in [0.05, 0.1) is 0 Å². The second kappa shape index (κ2) is 7.11. The summed E-state index contributed by atoms with van der Waals surface area (Å²) in [5, 5.41) is 48.0. The van der Waals surface area contributed by atoms with E-state index in [1.165, 1.54) is 12.1 Å². The quantitative estimate of drug-likeness (QED) is 0.364. The van der Waals surface area contributed by atoms with Crippen LogP contribution in [0.1, 0.15) is 5.56 Å². The molecule has 0 spiro atoms. The summed E-state index contributed by atoms with van der Waals surface area (Å²) in [7, 11) is 0. The van der Waals surface area contributed by atoms with Crippen LogP contribution >= 0.6 is 0 Å². The molecule has 9 heteroatoms. The van der Waals surface area contributed by atoms with E-state index in [2.05, 4.69) is 0 Å². The van der Waals surface area contributed by atoms with Gasteiger partial charge in [0.25, 0.3) is 0 Å². The van der Waals surface area contributed by atoms with Crippen LogP contribution in [0.5, 0.6) is 11.5 Å². The number of carbonyl (C=O) groups is 1. The number of aliphatic hydroxyl groups excluding tert-OH is 3. The van der Waals surface area contributed by atoms with Crippen LogP contribution in [0.4, 0.5) is 0 Å². The molecule has 1 saturated heterocycles. The first-order chi connectivity index (χ1) is 10.8. The van der Waals surface area contributed by atoms with Gasteiger partial charge in [-0.15, -0.1) is 0 Å². The van der Waals surface area contributed by atoms with Crippen LogP contribution in [-0.2, 0) is 16.0 Å². The minimum absolute atomic E-state index is 0.0671. The van der Waals surface area contributed by atoms with E-state index >= 15 is 0 Å². The maximum absolute atomic E-state index is 11.0. The maximum Gasteiger partial charge on any atom is 0.335 e. The van der Waals surface area contributed by atoms with Crippen molar-refractivity contribution in [2.75, 3.05) is 6.54 Å². The molecule has 7 N–H and O–H groups in total. The van der Waals surface area contributed by atoms with Gasteiger partial charge in [0.1, 0.15) is 18.3 Å². The predicted octanol–water partition coefficient (Wildman–Crippen LogP) is -1.84. The van der Waals surface area contributed by atoms with E-state index in [0.717, 1.165) is 5.56 Å². The Morgan fingerprint density at radius 3 is 2.48 bits per heavy atom. The zero-order valence-electron chi connectivity index (χ0n) is 12.1. The standard InChI is InChI=1S/C14H19NO8/c15-4-3-6-1-2-8(7(16)5-6)22-14-11(19)9(17)10(18)12(23-14)13(20)21/h1-2,5,9-12,14,16-19H,3-4,15H2,(H,20,21)/t9-,10-,11+,12-,14?/m0/s1. The molecule has 1 aromatic rings. The Labute approximate surface area is 131 Å². The molecule has 1 heterocycles. The molecular formula is C14H19NO8. The summed E-state index contributed by atoms with van der Waals surface area (Å²) in [6, 6.07) is 4.46. The van der Waals surface area contributed by atoms with Crippen molar-refractivity contribution in [3.63, 3.8) is 0 Å². The van der Waals surface area contributed by atoms with E-state index in [9.17, 15) is 25.2 Å². The number of hydrogen-bond acceptors (Lipinski definition) is 8. The number of aromatic hydroxyl groups is 1. The maximum atomic E-state index is 11.0. The second-order valence-corrected chi connectivity index (χ2v) is 5.19. The number of benzene rings is 1. The highest BCUT2D eigenvalue weighted by atomic mass is 16.7. The average Bonchev–Trinajstić information content (AvgIpc) is 2.50. The third-order valence-electron chi connectivity index (χ3n) is 3.51. The van der Waals surface area contributed by atoms with Gasteiger partial charge in [-0.25, -0.2) is 4.79 Å². The topological polar surface area (TPSA) is 163 Å². The Hall–Kier alpha value is -1.91. The lowest BCUT2D eigenvalue weighted by Gasteiger charge is -2.38. The number of phenolic OH excluding ortho intramolecular Hbond substituents is 1. The summed E-state index contributed by atoms with van der Waals surface area (Å²) in [6.07, 6.45) is -8.06. The minimum Gasteiger partial charge on any atom is -0.504 e. The summed E-state index contributed by atoms with van der Waals surface area (Å²) in [6.45, 7) is 0.397. The number of aliphatic hydroxyl groups is 3. The Balaban J connectivity index is 2.16. The van der Waals surface area contributed by atoms with Crippen molar-refractivity contribution < 1.29 is 39.8 Å². The zero-order chi connectivity index (χ0) is 17.1. The van der Waals surface area contributed by atoms with Crippen LogP contribution in [0.15, 0.2) is 18.2 Å². The van der Waals surface area contributed by atoms with Crippen molar-refractivity contribution in [1.29, 1.82) is 0 Å². The second-order valence-electron chi connectivity index (χ2n) is 5.19. The first-order valence-electron chi connectivity index (χ1n) is 6.96. The molecule has 0 bridgehead atoms. The van der Waals surface area contributed by atoms with Gasteiger partial charge in [0, 0.05) is 0 Å². The van der Waals surface area contributed by atoms with E-state index in [1.807, 2.05) is 0 Å². The van der Waals surface area contributed by atoms with Crippen molar-refractivity contribution in [3.8, 4) is 11.5 Å². The van der Waals surface area contributed by atoms with Crippen LogP contribution < -0.4 is 10.5 Å². The number of hydrogen-bond donors (Lipinski definition) is 6. The number of rotatable bonds is 5. The van der Waals surface area contributed by atoms with Crippen molar-refractivity contribution in [1.82, 2.24) is 0 Å². The highest BCUT2D eigenvalue weighted by Crippen LogP contribution is 2.31. The highest BCUT2D eigenvalue weighted by Gasteiger charge is 2.48. The van der Waals surface area contributed by atoms with Gasteiger partial charge in [-0.1, -0.05) is 6.07 Å². The van der Waals surface area contributed by atoms with Crippen molar-refractivity contribution in [3.05, 3.63) is 23.8 Å². The Morgan fingerprint density at radius 2 is 1.91 bits per heavy atom. The largest absolute Gasteiger partial charge is 0.504 e. The van der Waals surface area contributed by atoms with Crippen molar-refractivity contribution >= 4 is 5.97 Å². The van der Waals surface area contributed by atoms with E-state index in [1.54, 1.807) is 6.07 Å². The van der Waals surface area contributed by atoms with E-state index in [-0.39, 0.29) is 11.5 Å². The van der Waals surface area contributed by atoms with Gasteiger partial charge in [-0.05, 0) is 30.7 Å². The molecule has 1 aliphatic rings. The zero-order valence-corrected chi connectivity index (χ0v) is 12.1. The molecule has 1 aromatic carbocycles. The fourth-order valence-electron chi connectivity index (χ4n) is 2.26. The first-order valence-corrected chi connectivity index (χ1v) is 6.96. The Morgan fingerprint density at radius 1 is 1.22 bits per heavy atom. The van der Waals surface area contributed by atoms with Crippen LogP contribution in [0.2, 0.25) is 0 Å². The summed E-state index contributed by atoms with van der Waals surface area (Å²) in [4.78, 5) is 11.0. The number of phenols is 1. The fraction of sp³-hybridized carbons (Fsp3) is 0.500. The van der Waals surface area contributed by atoms with Gasteiger partial charge in [-0.3, -0.25) is 0 Å². The molecule has 1 aliphatic heterocycles. The van der Waals surface area contributed by atoms with Crippen LogP contribution in [0, 0.1) is 0 Å². The molecule has 0 amide bonds. The summed E-state index contributed by atoms with van der Waals surface area (Å²) < 4.78 is 10.2. The van der Waals surface area contributed by atoms with Crippen LogP contribution in [-0.4, -0.2) is 68.8 Å². The lowest BCUT2D eigenvalue weighted by atomic mass is 9.99. The average molecular weight is 329 g/mol. The number of nitrogens with two attached hydrogens (primary N) is 1. The molecule has 0 radical (unpaired) electrons. The predicted molar refractivity (Wildman–Crippen MR) is 75.8 cm³/mol. The van der Waals surface area contributed by atoms with Gasteiger partial charge < -0.3 is 40.7 Å². The SMILES string of the molecule is NCCc1ccc(OC2O[C@H](C(=O)O)[C@@H](O)[C@H](O)[C@H]2O)c(O)c1. The third-order valence-corrected chi connectivity index (χ3v) is 3.51. The molecule has 0 aromatic heterocycles. The molecular weight excluding hydrogens is 310 g/mol. The molecule has 23 heavy (non-hydrogen) atoms. The number of carboxylic acids is 1. The smallest absolute Gasteiger partial charge is 0.335 e. The molecule has 1 unspecified atom stereocenters. The molecule has 1 fully saturated rings. The summed E-state index contributed by atoms with van der Waals surface area (Å²) >= 11 is 0. The first kappa shape index (κ1) is 17.4. The molecule has 0 aliphatic carbocycles. The normalized spacial score (nSPS) is 30.9. The van der Waals surface area contributed by atoms with E-state index < -0.39 is 36.7 Å². The van der Waals surface area contributed by atoms with Crippen molar-refractivity contribution in [2.24, 2.45) is 5.73 Å². The summed E-state index contributed by atoms with van der Waals surface area (Å²) in [5.41, 5.74) is 6.18. The summed E-state index contributed by atoms with van der Waals surface area (Å²) in [5.74, 6) is -1.83. The molecule has 0 saturated carbocycles. The van der Waals surface area contributed by atoms with Gasteiger partial charge in [0.15, 0.2) is 17.6 Å². The molecule has 9 nitrogen and oxygen atoms in total. The van der Waals surface area contributed by atoms with Gasteiger partial charge in [0.2, 0.25) is 6.29 Å². The highest BCUT2D eigenvalue weighted by molar-refractivity contribution is 5.73. The minimum atomic E-state index is -1.80. The van der Waals surface area contributed by atoms with Gasteiger partial charge in [-0.2, -0.15) is 0 Å². The van der Waals surface area contributed by atoms with E-state index in [4.69, 9.17) is 20.3 Å². The monoisotopic (exact) mass is 329 g/mol. The fourth-order valence-corrected chi connectivity index (χ4v) is 2.26. The molecule has 5 atom stereocenters. The number of aliphatic carboxylic acids is 1. The molecule has 2 rings (SSSR count). The number of ether oxygens (including phenoxy) is 2. The van der Waals surface area contributed by atoms with E-state index in [0.29, 0.717) is 13.0 Å². The lowest BCUT2D eigenvalue weighted by molar-refractivity contribution is -0.271.